The molecular formula is C13H21N3. The zero-order valence-electron chi connectivity index (χ0n) is 10.2. The van der Waals surface area contributed by atoms with Gasteiger partial charge in [0, 0.05) is 25.0 Å². The van der Waals surface area contributed by atoms with E-state index in [0.717, 1.165) is 12.2 Å². The molecule has 16 heavy (non-hydrogen) atoms. The summed E-state index contributed by atoms with van der Waals surface area (Å²) < 4.78 is 0. The fourth-order valence-electron chi connectivity index (χ4n) is 2.29. The summed E-state index contributed by atoms with van der Waals surface area (Å²) in [6.07, 6.45) is 7.80. The van der Waals surface area contributed by atoms with E-state index in [0.29, 0.717) is 6.04 Å². The van der Waals surface area contributed by atoms with Crippen LogP contribution in [0.2, 0.25) is 0 Å². The number of pyridine rings is 1. The Morgan fingerprint density at radius 2 is 2.31 bits per heavy atom. The molecule has 0 aromatic carbocycles. The minimum atomic E-state index is 0.675. The van der Waals surface area contributed by atoms with Gasteiger partial charge in [-0.3, -0.25) is 4.98 Å². The molecule has 3 heteroatoms. The van der Waals surface area contributed by atoms with E-state index in [1.165, 1.54) is 31.4 Å². The highest BCUT2D eigenvalue weighted by Gasteiger charge is 2.18. The van der Waals surface area contributed by atoms with Gasteiger partial charge in [0.1, 0.15) is 0 Å². The summed E-state index contributed by atoms with van der Waals surface area (Å²) in [5, 5.41) is 3.48. The maximum absolute atomic E-state index is 4.19. The van der Waals surface area contributed by atoms with Gasteiger partial charge < -0.3 is 10.2 Å². The first kappa shape index (κ1) is 11.4. The number of nitrogens with one attached hydrogen (secondary N) is 1. The second kappa shape index (κ2) is 5.30. The predicted molar refractivity (Wildman–Crippen MR) is 67.7 cm³/mol. The van der Waals surface area contributed by atoms with Crippen molar-refractivity contribution in [3.8, 4) is 0 Å². The molecule has 1 N–H and O–H groups in total. The molecular weight excluding hydrogens is 198 g/mol. The fraction of sp³-hybridized carbons (Fsp3) is 0.615. The highest BCUT2D eigenvalue weighted by atomic mass is 15.2. The number of hydrogen-bond donors (Lipinski definition) is 1. The van der Waals surface area contributed by atoms with Crippen molar-refractivity contribution in [1.82, 2.24) is 9.88 Å². The molecule has 1 aliphatic heterocycles. The van der Waals surface area contributed by atoms with E-state index < -0.39 is 0 Å². The molecule has 0 radical (unpaired) electrons. The zero-order chi connectivity index (χ0) is 11.4. The normalized spacial score (nSPS) is 22.0. The van der Waals surface area contributed by atoms with Gasteiger partial charge in [-0.2, -0.15) is 0 Å². The lowest BCUT2D eigenvalue weighted by molar-refractivity contribution is 0.194. The quantitative estimate of drug-likeness (QED) is 0.845. The van der Waals surface area contributed by atoms with Crippen molar-refractivity contribution < 1.29 is 0 Å². The number of hydrogen-bond acceptors (Lipinski definition) is 3. The van der Waals surface area contributed by atoms with Crippen molar-refractivity contribution >= 4 is 5.69 Å². The molecule has 2 rings (SSSR count). The molecule has 1 fully saturated rings. The van der Waals surface area contributed by atoms with Gasteiger partial charge in [0.05, 0.1) is 5.69 Å². The highest BCUT2D eigenvalue weighted by Crippen LogP contribution is 2.16. The number of nitrogens with zero attached hydrogens (tertiary/aromatic N) is 2. The first-order valence-electron chi connectivity index (χ1n) is 6.11. The van der Waals surface area contributed by atoms with Crippen LogP contribution in [0, 0.1) is 6.92 Å². The number of rotatable bonds is 3. The average molecular weight is 219 g/mol. The molecule has 1 unspecified atom stereocenters. The van der Waals surface area contributed by atoms with E-state index in [1.54, 1.807) is 0 Å². The topological polar surface area (TPSA) is 28.2 Å². The monoisotopic (exact) mass is 219 g/mol. The van der Waals surface area contributed by atoms with Crippen LogP contribution in [0.1, 0.15) is 24.8 Å². The molecule has 1 atom stereocenters. The maximum Gasteiger partial charge on any atom is 0.0529 e. The van der Waals surface area contributed by atoms with Crippen LogP contribution < -0.4 is 5.32 Å². The predicted octanol–water partition coefficient (Wildman–Crippen LogP) is 2.29. The van der Waals surface area contributed by atoms with Gasteiger partial charge >= 0.3 is 0 Å². The van der Waals surface area contributed by atoms with Gasteiger partial charge in [-0.15, -0.1) is 0 Å². The number of piperidine rings is 1. The first-order valence-corrected chi connectivity index (χ1v) is 6.11. The lowest BCUT2D eigenvalue weighted by atomic mass is 10.0. The van der Waals surface area contributed by atoms with Crippen molar-refractivity contribution in [2.45, 2.75) is 32.2 Å². The summed E-state index contributed by atoms with van der Waals surface area (Å²) >= 11 is 0. The van der Waals surface area contributed by atoms with E-state index in [9.17, 15) is 0 Å². The van der Waals surface area contributed by atoms with E-state index in [-0.39, 0.29) is 0 Å². The Kier molecular flexibility index (Phi) is 3.78. The molecule has 0 saturated carbocycles. The van der Waals surface area contributed by atoms with Gasteiger partial charge in [0.2, 0.25) is 0 Å². The summed E-state index contributed by atoms with van der Waals surface area (Å²) in [7, 11) is 2.22. The zero-order valence-corrected chi connectivity index (χ0v) is 10.2. The lowest BCUT2D eigenvalue weighted by Crippen LogP contribution is -2.40. The number of anilines is 1. The first-order chi connectivity index (χ1) is 7.75. The highest BCUT2D eigenvalue weighted by molar-refractivity contribution is 5.42. The van der Waals surface area contributed by atoms with Crippen molar-refractivity contribution in [2.75, 3.05) is 25.5 Å². The van der Waals surface area contributed by atoms with Crippen LogP contribution >= 0.6 is 0 Å². The van der Waals surface area contributed by atoms with Gasteiger partial charge in [-0.05, 0) is 45.0 Å². The van der Waals surface area contributed by atoms with Crippen LogP contribution in [0.25, 0.3) is 0 Å². The largest absolute Gasteiger partial charge is 0.382 e. The maximum atomic E-state index is 4.19. The van der Waals surface area contributed by atoms with Crippen molar-refractivity contribution in [3.63, 3.8) is 0 Å². The Morgan fingerprint density at radius 1 is 1.44 bits per heavy atom. The third-order valence-electron chi connectivity index (χ3n) is 3.34. The van der Waals surface area contributed by atoms with Crippen molar-refractivity contribution in [3.05, 3.63) is 24.0 Å². The summed E-state index contributed by atoms with van der Waals surface area (Å²) in [6.45, 7) is 4.34. The lowest BCUT2D eigenvalue weighted by Gasteiger charge is -2.32. The van der Waals surface area contributed by atoms with Crippen LogP contribution in [0.4, 0.5) is 5.69 Å². The molecule has 1 aromatic rings. The molecule has 3 nitrogen and oxygen atoms in total. The van der Waals surface area contributed by atoms with Gasteiger partial charge in [-0.25, -0.2) is 0 Å². The van der Waals surface area contributed by atoms with Crippen LogP contribution in [0.5, 0.6) is 0 Å². The van der Waals surface area contributed by atoms with Crippen molar-refractivity contribution in [2.24, 2.45) is 0 Å². The second-order valence-corrected chi connectivity index (χ2v) is 4.76. The van der Waals surface area contributed by atoms with Gasteiger partial charge in [-0.1, -0.05) is 6.42 Å². The van der Waals surface area contributed by atoms with E-state index in [2.05, 4.69) is 35.2 Å². The fourth-order valence-corrected chi connectivity index (χ4v) is 2.29. The molecule has 88 valence electrons. The number of aryl methyl sites for hydroxylation is 1. The molecule has 0 bridgehead atoms. The van der Waals surface area contributed by atoms with E-state index in [1.807, 2.05) is 12.4 Å². The van der Waals surface area contributed by atoms with E-state index in [4.69, 9.17) is 0 Å². The smallest absolute Gasteiger partial charge is 0.0529 e. The number of likely N-dealkylation sites (N-methyl/N-ethyl adjacent to an activating group) is 1. The van der Waals surface area contributed by atoms with Crippen LogP contribution in [-0.2, 0) is 0 Å². The Morgan fingerprint density at radius 3 is 3.06 bits per heavy atom. The number of aromatic nitrogens is 1. The number of likely N-dealkylation sites (tertiary alicyclic amines) is 1. The summed E-state index contributed by atoms with van der Waals surface area (Å²) in [5.74, 6) is 0. The Hall–Kier alpha value is -1.09. The molecule has 1 aromatic heterocycles. The molecule has 1 aliphatic rings. The minimum Gasteiger partial charge on any atom is -0.382 e. The van der Waals surface area contributed by atoms with Gasteiger partial charge in [0.15, 0.2) is 0 Å². The molecule has 0 spiro atoms. The standard InChI is InChI=1S/C13H21N3/c1-11-7-12(9-14-8-11)15-10-13-5-3-4-6-16(13)2/h7-9,13,15H,3-6,10H2,1-2H3. The molecule has 0 aliphatic carbocycles. The third kappa shape index (κ3) is 2.95. The van der Waals surface area contributed by atoms with Crippen LogP contribution in [0.3, 0.4) is 0 Å². The van der Waals surface area contributed by atoms with E-state index >= 15 is 0 Å². The third-order valence-corrected chi connectivity index (χ3v) is 3.34. The summed E-state index contributed by atoms with van der Waals surface area (Å²) in [6, 6.07) is 2.82. The summed E-state index contributed by atoms with van der Waals surface area (Å²) in [4.78, 5) is 6.65. The average Bonchev–Trinajstić information content (AvgIpc) is 2.28. The Labute approximate surface area is 97.9 Å². The van der Waals surface area contributed by atoms with Crippen LogP contribution in [-0.4, -0.2) is 36.1 Å². The second-order valence-electron chi connectivity index (χ2n) is 4.76. The Balaban J connectivity index is 1.86. The molecule has 1 saturated heterocycles. The Bertz CT molecular complexity index is 338. The van der Waals surface area contributed by atoms with Crippen LogP contribution in [0.15, 0.2) is 18.5 Å². The SMILES string of the molecule is Cc1cncc(NCC2CCCCN2C)c1. The van der Waals surface area contributed by atoms with Crippen molar-refractivity contribution in [1.29, 1.82) is 0 Å². The van der Waals surface area contributed by atoms with Gasteiger partial charge in [0.25, 0.3) is 0 Å². The molecule has 0 amide bonds. The summed E-state index contributed by atoms with van der Waals surface area (Å²) in [5.41, 5.74) is 2.35. The minimum absolute atomic E-state index is 0.675. The molecule has 2 heterocycles.